The Labute approximate surface area is 171 Å². The minimum atomic E-state index is -4.50. The van der Waals surface area contributed by atoms with Crippen molar-refractivity contribution in [1.82, 2.24) is 4.98 Å². The highest BCUT2D eigenvalue weighted by molar-refractivity contribution is 7.98. The number of nitrogens with zero attached hydrogens (tertiary/aromatic N) is 1. The average molecular weight is 455 g/mol. The summed E-state index contributed by atoms with van der Waals surface area (Å²) in [5.74, 6) is 0.605. The third-order valence-corrected chi connectivity index (χ3v) is 6.14. The van der Waals surface area contributed by atoms with Gasteiger partial charge < -0.3 is 0 Å². The molecule has 0 spiro atoms. The average Bonchev–Trinajstić information content (AvgIpc) is 3.01. The van der Waals surface area contributed by atoms with Crippen molar-refractivity contribution in [2.75, 3.05) is 0 Å². The fourth-order valence-corrected chi connectivity index (χ4v) is 4.81. The third kappa shape index (κ3) is 4.67. The summed E-state index contributed by atoms with van der Waals surface area (Å²) < 4.78 is 38.5. The van der Waals surface area contributed by atoms with Gasteiger partial charge in [-0.2, -0.15) is 13.2 Å². The fraction of sp³-hybridized carbons (Fsp3) is 0.118. The van der Waals surface area contributed by atoms with E-state index < -0.39 is 11.7 Å². The van der Waals surface area contributed by atoms with Crippen molar-refractivity contribution in [2.24, 2.45) is 0 Å². The molecule has 1 nitrogen and oxygen atoms in total. The standard InChI is InChI=1S/C17H9Cl3F3NS2/c18-10-1-3-12(4-2-10)25-7-11-8-26-16(24-11)15-13(19)5-9(6-14(15)20)17(21,22)23/h1-6,8H,7H2. The molecule has 0 saturated heterocycles. The Balaban J connectivity index is 1.80. The number of benzene rings is 2. The lowest BCUT2D eigenvalue weighted by Gasteiger charge is -2.10. The molecule has 3 aromatic rings. The van der Waals surface area contributed by atoms with Gasteiger partial charge in [0.05, 0.1) is 21.3 Å². The van der Waals surface area contributed by atoms with Crippen LogP contribution in [0.4, 0.5) is 13.2 Å². The molecular formula is C17H9Cl3F3NS2. The molecule has 0 aliphatic rings. The van der Waals surface area contributed by atoms with Crippen LogP contribution < -0.4 is 0 Å². The number of hydrogen-bond donors (Lipinski definition) is 0. The van der Waals surface area contributed by atoms with Crippen molar-refractivity contribution < 1.29 is 13.2 Å². The lowest BCUT2D eigenvalue weighted by molar-refractivity contribution is -0.137. The summed E-state index contributed by atoms with van der Waals surface area (Å²) in [4.78, 5) is 5.48. The summed E-state index contributed by atoms with van der Waals surface area (Å²) >= 11 is 20.8. The molecule has 1 heterocycles. The van der Waals surface area contributed by atoms with E-state index in [9.17, 15) is 13.2 Å². The largest absolute Gasteiger partial charge is 0.416 e. The maximum absolute atomic E-state index is 12.8. The zero-order chi connectivity index (χ0) is 18.9. The van der Waals surface area contributed by atoms with Gasteiger partial charge in [0.15, 0.2) is 0 Å². The van der Waals surface area contributed by atoms with E-state index >= 15 is 0 Å². The molecule has 0 saturated carbocycles. The van der Waals surface area contributed by atoms with Gasteiger partial charge in [-0.1, -0.05) is 34.8 Å². The predicted octanol–water partition coefficient (Wildman–Crippen LogP) is 8.08. The summed E-state index contributed by atoms with van der Waals surface area (Å²) in [5.41, 5.74) is 0.220. The van der Waals surface area contributed by atoms with Gasteiger partial charge in [-0.15, -0.1) is 23.1 Å². The Hall–Kier alpha value is -0.920. The molecule has 0 N–H and O–H groups in total. The molecular weight excluding hydrogens is 446 g/mol. The summed E-state index contributed by atoms with van der Waals surface area (Å²) in [5, 5.41) is 2.84. The van der Waals surface area contributed by atoms with Gasteiger partial charge in [0, 0.05) is 26.6 Å². The number of hydrogen-bond acceptors (Lipinski definition) is 3. The van der Waals surface area contributed by atoms with E-state index in [0.717, 1.165) is 22.7 Å². The zero-order valence-corrected chi connectivity index (χ0v) is 16.7. The normalized spacial score (nSPS) is 11.8. The highest BCUT2D eigenvalue weighted by atomic mass is 35.5. The quantitative estimate of drug-likeness (QED) is 0.369. The summed E-state index contributed by atoms with van der Waals surface area (Å²) in [7, 11) is 0. The van der Waals surface area contributed by atoms with Crippen molar-refractivity contribution in [2.45, 2.75) is 16.8 Å². The minimum Gasteiger partial charge on any atom is -0.240 e. The van der Waals surface area contributed by atoms with Gasteiger partial charge >= 0.3 is 6.18 Å². The zero-order valence-electron chi connectivity index (χ0n) is 12.8. The molecule has 3 rings (SSSR count). The van der Waals surface area contributed by atoms with Crippen molar-refractivity contribution in [3.8, 4) is 10.6 Å². The van der Waals surface area contributed by atoms with Gasteiger partial charge in [0.25, 0.3) is 0 Å². The molecule has 0 radical (unpaired) electrons. The molecule has 26 heavy (non-hydrogen) atoms. The van der Waals surface area contributed by atoms with Crippen molar-refractivity contribution in [3.63, 3.8) is 0 Å². The Morgan fingerprint density at radius 2 is 1.62 bits per heavy atom. The second-order valence-corrected chi connectivity index (χ2v) is 8.36. The first-order chi connectivity index (χ1) is 12.2. The molecule has 0 bridgehead atoms. The Morgan fingerprint density at radius 3 is 2.19 bits per heavy atom. The molecule has 2 aromatic carbocycles. The Morgan fingerprint density at radius 1 is 1.00 bits per heavy atom. The number of alkyl halides is 3. The monoisotopic (exact) mass is 453 g/mol. The number of thiazole rings is 1. The van der Waals surface area contributed by atoms with Gasteiger partial charge in [-0.3, -0.25) is 0 Å². The van der Waals surface area contributed by atoms with Crippen LogP contribution in [0.25, 0.3) is 10.6 Å². The van der Waals surface area contributed by atoms with E-state index in [2.05, 4.69) is 4.98 Å². The second-order valence-electron chi connectivity index (χ2n) is 5.20. The van der Waals surface area contributed by atoms with Crippen LogP contribution in [-0.2, 0) is 11.9 Å². The molecule has 0 unspecified atom stereocenters. The van der Waals surface area contributed by atoms with E-state index in [-0.39, 0.29) is 10.0 Å². The van der Waals surface area contributed by atoms with E-state index in [1.54, 1.807) is 23.9 Å². The summed E-state index contributed by atoms with van der Waals surface area (Å²) in [6, 6.07) is 9.16. The van der Waals surface area contributed by atoms with Crippen molar-refractivity contribution in [3.05, 3.63) is 68.1 Å². The number of rotatable bonds is 4. The first-order valence-corrected chi connectivity index (χ1v) is 10.1. The van der Waals surface area contributed by atoms with Crippen molar-refractivity contribution >= 4 is 57.9 Å². The number of halogens is 6. The number of aromatic nitrogens is 1. The maximum atomic E-state index is 12.8. The molecule has 0 aliphatic heterocycles. The Bertz CT molecular complexity index is 901. The third-order valence-electron chi connectivity index (χ3n) is 3.34. The van der Waals surface area contributed by atoms with E-state index in [1.165, 1.54) is 11.3 Å². The van der Waals surface area contributed by atoms with Crippen LogP contribution in [0.3, 0.4) is 0 Å². The molecule has 0 aliphatic carbocycles. The van der Waals surface area contributed by atoms with Crippen LogP contribution in [0.5, 0.6) is 0 Å². The SMILES string of the molecule is FC(F)(F)c1cc(Cl)c(-c2nc(CSc3ccc(Cl)cc3)cs2)c(Cl)c1. The summed E-state index contributed by atoms with van der Waals surface area (Å²) in [6.45, 7) is 0. The van der Waals surface area contributed by atoms with Crippen LogP contribution >= 0.6 is 57.9 Å². The highest BCUT2D eigenvalue weighted by Gasteiger charge is 2.32. The fourth-order valence-electron chi connectivity index (χ4n) is 2.12. The van der Waals surface area contributed by atoms with Crippen LogP contribution in [0.15, 0.2) is 46.7 Å². The topological polar surface area (TPSA) is 12.9 Å². The van der Waals surface area contributed by atoms with E-state index in [0.29, 0.717) is 21.3 Å². The van der Waals surface area contributed by atoms with Crippen LogP contribution in [0, 0.1) is 0 Å². The lowest BCUT2D eigenvalue weighted by atomic mass is 10.1. The molecule has 136 valence electrons. The molecule has 9 heteroatoms. The minimum absolute atomic E-state index is 0.0731. The van der Waals surface area contributed by atoms with Gasteiger partial charge in [0.1, 0.15) is 5.01 Å². The molecule has 1 aromatic heterocycles. The van der Waals surface area contributed by atoms with Crippen LogP contribution in [0.2, 0.25) is 15.1 Å². The smallest absolute Gasteiger partial charge is 0.240 e. The van der Waals surface area contributed by atoms with Crippen LogP contribution in [0.1, 0.15) is 11.3 Å². The first-order valence-electron chi connectivity index (χ1n) is 7.13. The Kier molecular flexibility index (Phi) is 6.09. The molecule has 0 atom stereocenters. The maximum Gasteiger partial charge on any atom is 0.416 e. The molecule has 0 fully saturated rings. The van der Waals surface area contributed by atoms with E-state index in [4.69, 9.17) is 34.8 Å². The predicted molar refractivity (Wildman–Crippen MR) is 104 cm³/mol. The first kappa shape index (κ1) is 19.8. The lowest BCUT2D eigenvalue weighted by Crippen LogP contribution is -2.05. The van der Waals surface area contributed by atoms with Gasteiger partial charge in [-0.25, -0.2) is 4.98 Å². The van der Waals surface area contributed by atoms with Gasteiger partial charge in [-0.05, 0) is 36.4 Å². The second kappa shape index (κ2) is 7.98. The summed E-state index contributed by atoms with van der Waals surface area (Å²) in [6.07, 6.45) is -4.50. The van der Waals surface area contributed by atoms with Crippen molar-refractivity contribution in [1.29, 1.82) is 0 Å². The van der Waals surface area contributed by atoms with Gasteiger partial charge in [0.2, 0.25) is 0 Å². The number of thioether (sulfide) groups is 1. The highest BCUT2D eigenvalue weighted by Crippen LogP contribution is 2.41. The van der Waals surface area contributed by atoms with Crippen LogP contribution in [-0.4, -0.2) is 4.98 Å². The van der Waals surface area contributed by atoms with E-state index in [1.807, 2.05) is 17.5 Å². The molecule has 0 amide bonds.